The minimum absolute atomic E-state index is 0.0798. The third-order valence-electron chi connectivity index (χ3n) is 2.06. The second-order valence-electron chi connectivity index (χ2n) is 3.28. The maximum absolute atomic E-state index is 13.2. The molecular formula is C13H9BrF2OZn. The van der Waals surface area contributed by atoms with Crippen LogP contribution in [-0.2, 0) is 22.9 Å². The molecule has 90 valence electrons. The van der Waals surface area contributed by atoms with E-state index in [4.69, 9.17) is 4.74 Å². The Morgan fingerprint density at radius 2 is 2.00 bits per heavy atom. The van der Waals surface area contributed by atoms with Crippen molar-refractivity contribution in [1.29, 1.82) is 0 Å². The molecule has 0 saturated heterocycles. The first-order valence-electron chi connectivity index (χ1n) is 5.05. The molecule has 0 aliphatic rings. The van der Waals surface area contributed by atoms with Crippen LogP contribution in [0.5, 0.6) is 5.75 Å². The monoisotopic (exact) mass is 362 g/mol. The summed E-state index contributed by atoms with van der Waals surface area (Å²) in [4.78, 5) is 0. The molecule has 0 unspecified atom stereocenters. The van der Waals surface area contributed by atoms with Crippen molar-refractivity contribution in [3.8, 4) is 5.75 Å². The molecule has 0 amide bonds. The summed E-state index contributed by atoms with van der Waals surface area (Å²) in [7, 11) is 0. The fraction of sp³-hybridized carbons (Fsp3) is 0.0769. The van der Waals surface area contributed by atoms with Crippen LogP contribution in [0.2, 0.25) is 0 Å². The van der Waals surface area contributed by atoms with Gasteiger partial charge < -0.3 is 4.74 Å². The van der Waals surface area contributed by atoms with Gasteiger partial charge in [0.15, 0.2) is 11.6 Å². The van der Waals surface area contributed by atoms with Crippen molar-refractivity contribution >= 4 is 13.6 Å². The molecule has 0 spiro atoms. The molecular weight excluding hydrogens is 355 g/mol. The minimum atomic E-state index is -0.568. The average molecular weight is 365 g/mol. The molecule has 2 aromatic carbocycles. The van der Waals surface area contributed by atoms with E-state index in [-0.39, 0.29) is 12.4 Å². The SMILES string of the molecule is Fc1ccc(F)c(OCc2c[c-]ccc2)c1.[Zn+][Br]. The van der Waals surface area contributed by atoms with Gasteiger partial charge in [0.05, 0.1) is 6.61 Å². The van der Waals surface area contributed by atoms with E-state index in [0.29, 0.717) is 0 Å². The average Bonchev–Trinajstić information content (AvgIpc) is 2.43. The first-order valence-corrected chi connectivity index (χ1v) is 12.0. The molecule has 2 rings (SSSR count). The van der Waals surface area contributed by atoms with E-state index in [2.05, 4.69) is 19.7 Å². The number of hydrogen-bond donors (Lipinski definition) is 0. The fourth-order valence-electron chi connectivity index (χ4n) is 1.27. The molecule has 0 bridgehead atoms. The van der Waals surface area contributed by atoms with Crippen LogP contribution in [0.3, 0.4) is 0 Å². The Balaban J connectivity index is 0.000000771. The van der Waals surface area contributed by atoms with Crippen LogP contribution in [0.1, 0.15) is 5.56 Å². The summed E-state index contributed by atoms with van der Waals surface area (Å²) in [5.74, 6) is -1.17. The summed E-state index contributed by atoms with van der Waals surface area (Å²) in [6, 6.07) is 13.1. The summed E-state index contributed by atoms with van der Waals surface area (Å²) in [5, 5.41) is 0. The van der Waals surface area contributed by atoms with E-state index in [9.17, 15) is 8.78 Å². The van der Waals surface area contributed by atoms with Gasteiger partial charge >= 0.3 is 30.0 Å². The Hall–Kier alpha value is -0.797. The second kappa shape index (κ2) is 8.33. The van der Waals surface area contributed by atoms with Gasteiger partial charge in [0.1, 0.15) is 5.82 Å². The fourth-order valence-corrected chi connectivity index (χ4v) is 1.27. The summed E-state index contributed by atoms with van der Waals surface area (Å²) in [6.45, 7) is 0.192. The molecule has 0 heterocycles. The van der Waals surface area contributed by atoms with Gasteiger partial charge in [-0.15, -0.1) is 5.56 Å². The summed E-state index contributed by atoms with van der Waals surface area (Å²) >= 11 is 4.25. The molecule has 18 heavy (non-hydrogen) atoms. The first kappa shape index (κ1) is 15.3. The van der Waals surface area contributed by atoms with Crippen LogP contribution in [0, 0.1) is 17.7 Å². The quantitative estimate of drug-likeness (QED) is 0.586. The number of halogens is 3. The molecule has 2 aromatic rings. The Labute approximate surface area is 121 Å². The van der Waals surface area contributed by atoms with Crippen LogP contribution in [0.25, 0.3) is 0 Å². The van der Waals surface area contributed by atoms with Crippen LogP contribution in [-0.4, -0.2) is 0 Å². The van der Waals surface area contributed by atoms with E-state index in [0.717, 1.165) is 23.8 Å². The molecule has 0 saturated carbocycles. The van der Waals surface area contributed by atoms with Crippen molar-refractivity contribution in [1.82, 2.24) is 0 Å². The Morgan fingerprint density at radius 3 is 2.67 bits per heavy atom. The van der Waals surface area contributed by atoms with Crippen molar-refractivity contribution in [3.63, 3.8) is 0 Å². The molecule has 0 fully saturated rings. The van der Waals surface area contributed by atoms with Gasteiger partial charge in [-0.1, -0.05) is 0 Å². The van der Waals surface area contributed by atoms with Crippen LogP contribution in [0.15, 0.2) is 42.5 Å². The summed E-state index contributed by atoms with van der Waals surface area (Å²) < 4.78 is 31.2. The molecule has 0 N–H and O–H groups in total. The van der Waals surface area contributed by atoms with E-state index in [1.54, 1.807) is 18.2 Å². The predicted octanol–water partition coefficient (Wildman–Crippen LogP) is 4.19. The van der Waals surface area contributed by atoms with Crippen molar-refractivity contribution in [2.24, 2.45) is 0 Å². The van der Waals surface area contributed by atoms with E-state index >= 15 is 0 Å². The molecule has 5 heteroatoms. The molecule has 0 aromatic heterocycles. The third-order valence-corrected chi connectivity index (χ3v) is 2.06. The van der Waals surface area contributed by atoms with Crippen molar-refractivity contribution in [3.05, 3.63) is 65.7 Å². The number of hydrogen-bond acceptors (Lipinski definition) is 1. The molecule has 0 atom stereocenters. The topological polar surface area (TPSA) is 9.23 Å². The van der Waals surface area contributed by atoms with Gasteiger partial charge in [0, 0.05) is 6.07 Å². The standard InChI is InChI=1S/C13H9F2O.BrH.Zn/c14-11-6-7-12(15)13(8-11)16-9-10-4-2-1-3-5-10;;/h1-2,4-8H,9H2;1H;/q-1;;+2/p-1. The van der Waals surface area contributed by atoms with Gasteiger partial charge in [-0.25, -0.2) is 8.78 Å². The van der Waals surface area contributed by atoms with Crippen molar-refractivity contribution in [2.45, 2.75) is 6.61 Å². The van der Waals surface area contributed by atoms with Gasteiger partial charge in [0.25, 0.3) is 0 Å². The predicted molar refractivity (Wildman–Crippen MR) is 64.9 cm³/mol. The maximum atomic E-state index is 13.2. The zero-order valence-electron chi connectivity index (χ0n) is 9.50. The molecule has 0 radical (unpaired) electrons. The van der Waals surface area contributed by atoms with Gasteiger partial charge in [-0.3, -0.25) is 0 Å². The third kappa shape index (κ3) is 4.83. The zero-order chi connectivity index (χ0) is 13.4. The Bertz CT molecular complexity index is 480. The Morgan fingerprint density at radius 1 is 1.22 bits per heavy atom. The summed E-state index contributed by atoms with van der Waals surface area (Å²) in [6.07, 6.45) is 0. The van der Waals surface area contributed by atoms with E-state index in [1.807, 2.05) is 6.07 Å². The van der Waals surface area contributed by atoms with Gasteiger partial charge in [-0.2, -0.15) is 30.3 Å². The molecule has 0 aliphatic heterocycles. The van der Waals surface area contributed by atoms with Crippen LogP contribution >= 0.6 is 13.6 Å². The normalized spacial score (nSPS) is 9.39. The first-order chi connectivity index (χ1) is 8.75. The van der Waals surface area contributed by atoms with Gasteiger partial charge in [0.2, 0.25) is 0 Å². The van der Waals surface area contributed by atoms with Crippen LogP contribution in [0.4, 0.5) is 8.78 Å². The second-order valence-corrected chi connectivity index (χ2v) is 3.28. The van der Waals surface area contributed by atoms with Gasteiger partial charge in [-0.05, 0) is 12.1 Å². The number of benzene rings is 2. The number of rotatable bonds is 3. The Kier molecular flexibility index (Phi) is 7.06. The van der Waals surface area contributed by atoms with Crippen LogP contribution < -0.4 is 4.74 Å². The van der Waals surface area contributed by atoms with E-state index in [1.165, 1.54) is 16.3 Å². The van der Waals surface area contributed by atoms with Crippen molar-refractivity contribution < 1.29 is 29.9 Å². The molecule has 0 aliphatic carbocycles. The number of ether oxygens (including phenoxy) is 1. The molecule has 1 nitrogen and oxygen atoms in total. The zero-order valence-corrected chi connectivity index (χ0v) is 14.1. The summed E-state index contributed by atoms with van der Waals surface area (Å²) in [5.41, 5.74) is 0.853. The van der Waals surface area contributed by atoms with Crippen molar-refractivity contribution in [2.75, 3.05) is 0 Å². The van der Waals surface area contributed by atoms with E-state index < -0.39 is 11.6 Å².